The summed E-state index contributed by atoms with van der Waals surface area (Å²) in [4.78, 5) is 0. The maximum atomic E-state index is 7.50. The summed E-state index contributed by atoms with van der Waals surface area (Å²) in [6.45, 7) is 14.3. The molecule has 0 N–H and O–H groups in total. The predicted octanol–water partition coefficient (Wildman–Crippen LogP) is 3.39. The first-order valence-electron chi connectivity index (χ1n) is 6.28. The molecule has 0 spiro atoms. The van der Waals surface area contributed by atoms with Crippen LogP contribution >= 0.6 is 0 Å². The third-order valence-corrected chi connectivity index (χ3v) is 3.11. The summed E-state index contributed by atoms with van der Waals surface area (Å²) in [7, 11) is 0. The molecule has 1 heterocycles. The van der Waals surface area contributed by atoms with Crippen molar-refractivity contribution in [2.45, 2.75) is 19.1 Å². The van der Waals surface area contributed by atoms with Gasteiger partial charge >= 0.3 is 33.9 Å². The first-order chi connectivity index (χ1) is 10.9. The number of ether oxygens (including phenoxy) is 1. The molecule has 0 fully saturated rings. The molecule has 0 saturated carbocycles. The minimum absolute atomic E-state index is 0. The van der Waals surface area contributed by atoms with Crippen molar-refractivity contribution in [1.82, 2.24) is 0 Å². The third kappa shape index (κ3) is 7.30. The Bertz CT molecular complexity index is 591. The molecule has 3 rings (SSSR count). The van der Waals surface area contributed by atoms with E-state index >= 15 is 0 Å². The van der Waals surface area contributed by atoms with Gasteiger partial charge in [0, 0.05) is 23.8 Å². The Morgan fingerprint density at radius 2 is 1.35 bits per heavy atom. The van der Waals surface area contributed by atoms with Gasteiger partial charge in [0.25, 0.3) is 0 Å². The third-order valence-electron chi connectivity index (χ3n) is 3.11. The summed E-state index contributed by atoms with van der Waals surface area (Å²) in [5.41, 5.74) is 4.03. The average molecular weight is 346 g/mol. The first kappa shape index (κ1) is 23.4. The average Bonchev–Trinajstić information content (AvgIpc) is 3.04. The number of rotatable bonds is 2. The van der Waals surface area contributed by atoms with E-state index in [1.807, 2.05) is 6.07 Å². The van der Waals surface area contributed by atoms with Crippen LogP contribution in [0.5, 0.6) is 0 Å². The molecule has 23 heavy (non-hydrogen) atoms. The number of hydrogen-bond donors (Lipinski definition) is 0. The molecule has 0 radical (unpaired) electrons. The van der Waals surface area contributed by atoms with Crippen LogP contribution in [0.15, 0.2) is 54.6 Å². The Morgan fingerprint density at radius 1 is 0.826 bits per heavy atom. The van der Waals surface area contributed by atoms with Crippen LogP contribution in [0.2, 0.25) is 0 Å². The van der Waals surface area contributed by atoms with Crippen LogP contribution in [0.4, 0.5) is 0 Å². The minimum atomic E-state index is 0. The SMILES string of the molecule is [C-]#[O+].[C-]#[O+].[C-]#[O+].[Cr].c1ccc(C[C@H]2OCc3ccccc32)cc1. The van der Waals surface area contributed by atoms with Gasteiger partial charge in [0.05, 0.1) is 12.7 Å². The predicted molar refractivity (Wildman–Crippen MR) is 75.9 cm³/mol. The van der Waals surface area contributed by atoms with Gasteiger partial charge in [0.15, 0.2) is 0 Å². The molecule has 2 aromatic rings. The second-order valence-electron chi connectivity index (χ2n) is 4.19. The van der Waals surface area contributed by atoms with Crippen LogP contribution < -0.4 is 0 Å². The normalized spacial score (nSPS) is 13.0. The summed E-state index contributed by atoms with van der Waals surface area (Å²) in [6.07, 6.45) is 1.20. The van der Waals surface area contributed by atoms with Gasteiger partial charge in [-0.2, -0.15) is 0 Å². The fourth-order valence-corrected chi connectivity index (χ4v) is 2.26. The Kier molecular flexibility index (Phi) is 15.3. The van der Waals surface area contributed by atoms with E-state index in [0.717, 1.165) is 13.0 Å². The van der Waals surface area contributed by atoms with E-state index in [1.54, 1.807) is 0 Å². The number of fused-ring (bicyclic) bond motifs is 1. The molecule has 0 bridgehead atoms. The standard InChI is InChI=1S/C15H14O.3CO.Cr/c1-2-6-12(7-3-1)10-15-14-9-5-4-8-13(14)11-16-15;3*1-2;/h1-9,15H,10-11H2;;;;/t15-;;;;/m1..../s1. The fraction of sp³-hybridized carbons (Fsp3) is 0.167. The van der Waals surface area contributed by atoms with Crippen LogP contribution in [0, 0.1) is 20.0 Å². The van der Waals surface area contributed by atoms with Crippen molar-refractivity contribution in [3.05, 3.63) is 91.2 Å². The molecule has 0 unspecified atom stereocenters. The van der Waals surface area contributed by atoms with Crippen LogP contribution in [0.25, 0.3) is 0 Å². The molecule has 116 valence electrons. The van der Waals surface area contributed by atoms with Crippen molar-refractivity contribution in [1.29, 1.82) is 0 Å². The quantitative estimate of drug-likeness (QED) is 0.607. The van der Waals surface area contributed by atoms with Crippen molar-refractivity contribution >= 4 is 0 Å². The van der Waals surface area contributed by atoms with Gasteiger partial charge in [0.2, 0.25) is 0 Å². The van der Waals surface area contributed by atoms with E-state index in [9.17, 15) is 0 Å². The smallest absolute Gasteiger partial charge is 0.0873 e. The molecule has 0 aliphatic carbocycles. The maximum absolute atomic E-state index is 7.50. The van der Waals surface area contributed by atoms with Gasteiger partial charge in [-0.25, -0.2) is 0 Å². The van der Waals surface area contributed by atoms with E-state index < -0.39 is 0 Å². The van der Waals surface area contributed by atoms with E-state index in [2.05, 4.69) is 68.5 Å². The van der Waals surface area contributed by atoms with E-state index in [-0.39, 0.29) is 23.5 Å². The Balaban J connectivity index is 0. The van der Waals surface area contributed by atoms with Gasteiger partial charge in [-0.3, -0.25) is 0 Å². The van der Waals surface area contributed by atoms with Gasteiger partial charge in [-0.1, -0.05) is 54.6 Å². The second kappa shape index (κ2) is 15.1. The van der Waals surface area contributed by atoms with E-state index in [1.165, 1.54) is 16.7 Å². The molecule has 0 saturated heterocycles. The van der Waals surface area contributed by atoms with Gasteiger partial charge in [-0.05, 0) is 16.7 Å². The zero-order valence-corrected chi connectivity index (χ0v) is 13.5. The molecule has 1 atom stereocenters. The summed E-state index contributed by atoms with van der Waals surface area (Å²) < 4.78 is 28.3. The Hall–Kier alpha value is -1.85. The molecule has 0 aromatic heterocycles. The fourth-order valence-electron chi connectivity index (χ4n) is 2.26. The van der Waals surface area contributed by atoms with Gasteiger partial charge in [0.1, 0.15) is 0 Å². The topological polar surface area (TPSA) is 68.9 Å². The summed E-state index contributed by atoms with van der Waals surface area (Å²) in [5.74, 6) is 0. The Labute approximate surface area is 146 Å². The zero-order chi connectivity index (χ0) is 16.8. The molecule has 1 aliphatic rings. The molecule has 2 aromatic carbocycles. The summed E-state index contributed by atoms with van der Waals surface area (Å²) in [6, 6.07) is 19.0. The largest absolute Gasteiger partial charge is 0.368 e. The molecular formula is C18H14CrO4. The molecule has 4 nitrogen and oxygen atoms in total. The van der Waals surface area contributed by atoms with Crippen molar-refractivity contribution in [2.24, 2.45) is 0 Å². The van der Waals surface area contributed by atoms with Crippen molar-refractivity contribution < 1.29 is 36.1 Å². The molecular weight excluding hydrogens is 332 g/mol. The monoisotopic (exact) mass is 346 g/mol. The summed E-state index contributed by atoms with van der Waals surface area (Å²) >= 11 is 0. The second-order valence-corrected chi connectivity index (χ2v) is 4.19. The number of hydrogen-bond acceptors (Lipinski definition) is 1. The van der Waals surface area contributed by atoms with Crippen LogP contribution in [-0.4, -0.2) is 0 Å². The van der Waals surface area contributed by atoms with Crippen LogP contribution in [0.1, 0.15) is 22.8 Å². The Morgan fingerprint density at radius 3 is 1.96 bits per heavy atom. The van der Waals surface area contributed by atoms with E-state index in [4.69, 9.17) is 18.7 Å². The number of benzene rings is 2. The summed E-state index contributed by atoms with van der Waals surface area (Å²) in [5, 5.41) is 0. The molecule has 5 heteroatoms. The van der Waals surface area contributed by atoms with Crippen molar-refractivity contribution in [3.8, 4) is 0 Å². The maximum Gasteiger partial charge on any atom is 0.0873 e. The van der Waals surface area contributed by atoms with Crippen molar-refractivity contribution in [3.63, 3.8) is 0 Å². The first-order valence-corrected chi connectivity index (χ1v) is 6.28. The van der Waals surface area contributed by atoms with Gasteiger partial charge < -0.3 is 4.74 Å². The van der Waals surface area contributed by atoms with E-state index in [0.29, 0.717) is 0 Å². The van der Waals surface area contributed by atoms with Crippen molar-refractivity contribution in [2.75, 3.05) is 0 Å². The molecule has 1 aliphatic heterocycles. The van der Waals surface area contributed by atoms with Gasteiger partial charge in [-0.15, -0.1) is 0 Å². The minimum Gasteiger partial charge on any atom is -0.368 e. The zero-order valence-electron chi connectivity index (χ0n) is 12.2. The van der Waals surface area contributed by atoms with Crippen LogP contribution in [0.3, 0.4) is 0 Å². The van der Waals surface area contributed by atoms with Crippen LogP contribution in [-0.2, 0) is 49.1 Å². The molecule has 0 amide bonds.